The van der Waals surface area contributed by atoms with Crippen molar-refractivity contribution in [3.05, 3.63) is 35.9 Å². The monoisotopic (exact) mass is 234 g/mol. The first kappa shape index (κ1) is 11.6. The van der Waals surface area contributed by atoms with Crippen LogP contribution in [-0.2, 0) is 9.53 Å². The number of carbonyl (C=O) groups is 1. The van der Waals surface area contributed by atoms with Crippen molar-refractivity contribution in [2.24, 2.45) is 5.16 Å². The van der Waals surface area contributed by atoms with E-state index in [0.717, 1.165) is 0 Å². The minimum Gasteiger partial charge on any atom is -0.410 e. The summed E-state index contributed by atoms with van der Waals surface area (Å²) in [7, 11) is 0. The maximum atomic E-state index is 12.1. The predicted octanol–water partition coefficient (Wildman–Crippen LogP) is 0.724. The van der Waals surface area contributed by atoms with E-state index in [4.69, 9.17) is 9.94 Å². The van der Waals surface area contributed by atoms with Crippen LogP contribution in [0.25, 0.3) is 0 Å². The molecular formula is C12H14N2O3. The first-order valence-corrected chi connectivity index (χ1v) is 5.47. The highest BCUT2D eigenvalue weighted by atomic mass is 16.5. The molecule has 90 valence electrons. The molecule has 0 aromatic heterocycles. The molecule has 5 heteroatoms. The summed E-state index contributed by atoms with van der Waals surface area (Å²) in [4.78, 5) is 13.7. The lowest BCUT2D eigenvalue weighted by molar-refractivity contribution is -0.128. The predicted molar refractivity (Wildman–Crippen MR) is 62.2 cm³/mol. The molecule has 1 aromatic carbocycles. The fourth-order valence-corrected chi connectivity index (χ4v) is 1.74. The number of hydrogen-bond donors (Lipinski definition) is 1. The zero-order chi connectivity index (χ0) is 12.1. The molecule has 0 atom stereocenters. The minimum atomic E-state index is -0.262. The second-order valence-electron chi connectivity index (χ2n) is 3.72. The van der Waals surface area contributed by atoms with Gasteiger partial charge in [-0.1, -0.05) is 35.5 Å². The van der Waals surface area contributed by atoms with E-state index in [1.165, 1.54) is 0 Å². The van der Waals surface area contributed by atoms with Crippen molar-refractivity contribution >= 4 is 11.6 Å². The van der Waals surface area contributed by atoms with Gasteiger partial charge in [-0.25, -0.2) is 0 Å². The molecule has 1 aromatic rings. The van der Waals surface area contributed by atoms with Gasteiger partial charge >= 0.3 is 0 Å². The quantitative estimate of drug-likeness (QED) is 0.466. The highest BCUT2D eigenvalue weighted by molar-refractivity contribution is 6.45. The van der Waals surface area contributed by atoms with Crippen LogP contribution in [0, 0.1) is 0 Å². The van der Waals surface area contributed by atoms with Crippen LogP contribution in [0.1, 0.15) is 5.56 Å². The van der Waals surface area contributed by atoms with Gasteiger partial charge in [-0.15, -0.1) is 0 Å². The van der Waals surface area contributed by atoms with E-state index in [0.29, 0.717) is 31.9 Å². The average molecular weight is 234 g/mol. The van der Waals surface area contributed by atoms with Gasteiger partial charge in [-0.05, 0) is 0 Å². The maximum absolute atomic E-state index is 12.1. The summed E-state index contributed by atoms with van der Waals surface area (Å²) in [6.07, 6.45) is 0. The third kappa shape index (κ3) is 2.62. The Morgan fingerprint density at radius 2 is 1.88 bits per heavy atom. The summed E-state index contributed by atoms with van der Waals surface area (Å²) in [5, 5.41) is 12.1. The molecule has 0 spiro atoms. The largest absolute Gasteiger partial charge is 0.410 e. The van der Waals surface area contributed by atoms with Crippen molar-refractivity contribution in [3.63, 3.8) is 0 Å². The standard InChI is InChI=1S/C12H14N2O3/c15-12(14-6-8-17-9-7-14)11(13-16)10-4-2-1-3-5-10/h1-5,16H,6-9H2. The van der Waals surface area contributed by atoms with E-state index in [1.54, 1.807) is 29.2 Å². The summed E-state index contributed by atoms with van der Waals surface area (Å²) >= 11 is 0. The molecule has 1 amide bonds. The molecule has 17 heavy (non-hydrogen) atoms. The van der Waals surface area contributed by atoms with E-state index >= 15 is 0 Å². The Hall–Kier alpha value is -1.88. The van der Waals surface area contributed by atoms with Crippen molar-refractivity contribution in [3.8, 4) is 0 Å². The average Bonchev–Trinajstić information content (AvgIpc) is 2.42. The molecule has 1 saturated heterocycles. The number of oxime groups is 1. The van der Waals surface area contributed by atoms with Gasteiger partial charge in [0.1, 0.15) is 0 Å². The number of ether oxygens (including phenoxy) is 1. The molecule has 1 fully saturated rings. The Balaban J connectivity index is 2.16. The number of carbonyl (C=O) groups excluding carboxylic acids is 1. The third-order valence-electron chi connectivity index (χ3n) is 2.65. The second-order valence-corrected chi connectivity index (χ2v) is 3.72. The number of rotatable bonds is 2. The fourth-order valence-electron chi connectivity index (χ4n) is 1.74. The van der Waals surface area contributed by atoms with E-state index in [-0.39, 0.29) is 11.6 Å². The first-order valence-electron chi connectivity index (χ1n) is 5.47. The van der Waals surface area contributed by atoms with Crippen molar-refractivity contribution in [1.82, 2.24) is 4.90 Å². The Labute approximate surface area is 99.3 Å². The van der Waals surface area contributed by atoms with Crippen LogP contribution in [0.4, 0.5) is 0 Å². The Morgan fingerprint density at radius 1 is 1.24 bits per heavy atom. The number of hydrogen-bond acceptors (Lipinski definition) is 4. The molecule has 1 N–H and O–H groups in total. The van der Waals surface area contributed by atoms with Crippen LogP contribution in [0.15, 0.2) is 35.5 Å². The molecule has 0 aliphatic carbocycles. The van der Waals surface area contributed by atoms with Crippen LogP contribution in [0.5, 0.6) is 0 Å². The molecule has 0 unspecified atom stereocenters. The summed E-state index contributed by atoms with van der Waals surface area (Å²) < 4.78 is 5.17. The zero-order valence-electron chi connectivity index (χ0n) is 9.37. The van der Waals surface area contributed by atoms with E-state index in [2.05, 4.69) is 5.16 Å². The number of nitrogens with zero attached hydrogens (tertiary/aromatic N) is 2. The van der Waals surface area contributed by atoms with Crippen molar-refractivity contribution in [2.45, 2.75) is 0 Å². The van der Waals surface area contributed by atoms with E-state index in [1.807, 2.05) is 6.07 Å². The third-order valence-corrected chi connectivity index (χ3v) is 2.65. The van der Waals surface area contributed by atoms with Gasteiger partial charge in [-0.3, -0.25) is 4.79 Å². The maximum Gasteiger partial charge on any atom is 0.276 e. The fraction of sp³-hybridized carbons (Fsp3) is 0.333. The molecule has 0 bridgehead atoms. The van der Waals surface area contributed by atoms with E-state index in [9.17, 15) is 4.79 Å². The molecule has 0 saturated carbocycles. The van der Waals surface area contributed by atoms with Gasteiger partial charge in [0.2, 0.25) is 0 Å². The molecule has 1 aliphatic rings. The number of amides is 1. The normalized spacial score (nSPS) is 16.9. The lowest BCUT2D eigenvalue weighted by Gasteiger charge is -2.26. The van der Waals surface area contributed by atoms with Gasteiger partial charge in [0, 0.05) is 18.7 Å². The SMILES string of the molecule is O=C(C(=NO)c1ccccc1)N1CCOCC1. The summed E-state index contributed by atoms with van der Waals surface area (Å²) in [5.74, 6) is -0.262. The Kier molecular flexibility index (Phi) is 3.72. The van der Waals surface area contributed by atoms with Crippen LogP contribution in [0.3, 0.4) is 0 Å². The van der Waals surface area contributed by atoms with Gasteiger partial charge in [0.25, 0.3) is 5.91 Å². The Morgan fingerprint density at radius 3 is 2.47 bits per heavy atom. The molecule has 2 rings (SSSR count). The Bertz CT molecular complexity index is 411. The smallest absolute Gasteiger partial charge is 0.276 e. The van der Waals surface area contributed by atoms with Gasteiger partial charge in [-0.2, -0.15) is 0 Å². The van der Waals surface area contributed by atoms with Crippen LogP contribution < -0.4 is 0 Å². The highest BCUT2D eigenvalue weighted by Crippen LogP contribution is 2.06. The number of benzene rings is 1. The van der Waals surface area contributed by atoms with Gasteiger partial charge in [0.05, 0.1) is 13.2 Å². The van der Waals surface area contributed by atoms with Crippen LogP contribution >= 0.6 is 0 Å². The molecule has 0 radical (unpaired) electrons. The first-order chi connectivity index (χ1) is 8.33. The molecular weight excluding hydrogens is 220 g/mol. The zero-order valence-corrected chi connectivity index (χ0v) is 9.37. The van der Waals surface area contributed by atoms with Crippen LogP contribution in [0.2, 0.25) is 0 Å². The van der Waals surface area contributed by atoms with Crippen molar-refractivity contribution in [2.75, 3.05) is 26.3 Å². The molecule has 1 heterocycles. The summed E-state index contributed by atoms with van der Waals surface area (Å²) in [6, 6.07) is 8.93. The lowest BCUT2D eigenvalue weighted by atomic mass is 10.1. The van der Waals surface area contributed by atoms with Gasteiger partial charge < -0.3 is 14.8 Å². The highest BCUT2D eigenvalue weighted by Gasteiger charge is 2.23. The summed E-state index contributed by atoms with van der Waals surface area (Å²) in [5.41, 5.74) is 0.694. The molecule has 5 nitrogen and oxygen atoms in total. The van der Waals surface area contributed by atoms with Crippen LogP contribution in [-0.4, -0.2) is 48.0 Å². The number of morpholine rings is 1. The minimum absolute atomic E-state index is 0.0764. The van der Waals surface area contributed by atoms with Gasteiger partial charge in [0.15, 0.2) is 5.71 Å². The topological polar surface area (TPSA) is 62.1 Å². The summed E-state index contributed by atoms with van der Waals surface area (Å²) in [6.45, 7) is 2.12. The van der Waals surface area contributed by atoms with Crippen molar-refractivity contribution in [1.29, 1.82) is 0 Å². The second kappa shape index (κ2) is 5.45. The van der Waals surface area contributed by atoms with E-state index < -0.39 is 0 Å². The molecule has 1 aliphatic heterocycles. The lowest BCUT2D eigenvalue weighted by Crippen LogP contribution is -2.44. The van der Waals surface area contributed by atoms with Crippen molar-refractivity contribution < 1.29 is 14.7 Å².